The van der Waals surface area contributed by atoms with Crippen molar-refractivity contribution in [1.82, 2.24) is 4.90 Å². The van der Waals surface area contributed by atoms with E-state index in [0.717, 1.165) is 0 Å². The van der Waals surface area contributed by atoms with E-state index < -0.39 is 0 Å². The smallest absolute Gasteiger partial charge is 0.0152 e. The molecule has 1 atom stereocenters. The van der Waals surface area contributed by atoms with Gasteiger partial charge in [-0.05, 0) is 62.9 Å². The first-order valence-corrected chi connectivity index (χ1v) is 8.19. The van der Waals surface area contributed by atoms with E-state index in [-0.39, 0.29) is 5.54 Å². The fraction of sp³-hybridized carbons (Fsp3) is 1.00. The van der Waals surface area contributed by atoms with Crippen molar-refractivity contribution in [2.45, 2.75) is 87.6 Å². The maximum Gasteiger partial charge on any atom is 0.0152 e. The Morgan fingerprint density at radius 1 is 0.700 bits per heavy atom. The third-order valence-electron chi connectivity index (χ3n) is 5.43. The molecule has 0 rings (SSSR count). The summed E-state index contributed by atoms with van der Waals surface area (Å²) in [6, 6.07) is 0. The van der Waals surface area contributed by atoms with Gasteiger partial charge in [0.25, 0.3) is 0 Å². The minimum atomic E-state index is 0.246. The molecular weight excluding hydrogens is 242 g/mol. The summed E-state index contributed by atoms with van der Waals surface area (Å²) in [5.74, 6) is 0.688. The molecule has 0 aromatic heterocycles. The van der Waals surface area contributed by atoms with Gasteiger partial charge in [-0.3, -0.25) is 0 Å². The molecular formula is C19H41N. The van der Waals surface area contributed by atoms with E-state index >= 15 is 0 Å². The monoisotopic (exact) mass is 283 g/mol. The van der Waals surface area contributed by atoms with Gasteiger partial charge in [-0.15, -0.1) is 0 Å². The fourth-order valence-corrected chi connectivity index (χ4v) is 4.00. The van der Waals surface area contributed by atoms with Crippen LogP contribution in [0, 0.1) is 22.2 Å². The van der Waals surface area contributed by atoms with Crippen LogP contribution in [0.2, 0.25) is 0 Å². The molecule has 20 heavy (non-hydrogen) atoms. The van der Waals surface area contributed by atoms with Gasteiger partial charge >= 0.3 is 0 Å². The molecule has 0 N–H and O–H groups in total. The molecule has 0 fully saturated rings. The van der Waals surface area contributed by atoms with Gasteiger partial charge in [0.1, 0.15) is 0 Å². The normalized spacial score (nSPS) is 16.6. The van der Waals surface area contributed by atoms with Gasteiger partial charge in [-0.2, -0.15) is 0 Å². The summed E-state index contributed by atoms with van der Waals surface area (Å²) >= 11 is 0. The molecule has 0 saturated heterocycles. The molecule has 0 bridgehead atoms. The zero-order valence-electron chi connectivity index (χ0n) is 16.4. The Bertz CT molecular complexity index is 302. The number of nitrogens with zero attached hydrogens (tertiary/aromatic N) is 1. The summed E-state index contributed by atoms with van der Waals surface area (Å²) in [6.07, 6.45) is 2.49. The van der Waals surface area contributed by atoms with Crippen molar-refractivity contribution >= 4 is 0 Å². The SMILES string of the molecule is CC(C(C)(C)CC(C)(C)C)C(C)(C)CC(C)(C)N(C)C. The molecule has 0 spiro atoms. The fourth-order valence-electron chi connectivity index (χ4n) is 4.00. The average Bonchev–Trinajstić information content (AvgIpc) is 2.10. The summed E-state index contributed by atoms with van der Waals surface area (Å²) in [5, 5.41) is 0. The molecule has 0 aliphatic rings. The van der Waals surface area contributed by atoms with E-state index in [0.29, 0.717) is 22.2 Å². The summed E-state index contributed by atoms with van der Waals surface area (Å²) in [6.45, 7) is 24.1. The van der Waals surface area contributed by atoms with Crippen LogP contribution in [0.15, 0.2) is 0 Å². The zero-order chi connectivity index (χ0) is 16.6. The molecule has 1 nitrogen and oxygen atoms in total. The van der Waals surface area contributed by atoms with E-state index in [1.54, 1.807) is 0 Å². The summed E-state index contributed by atoms with van der Waals surface area (Å²) < 4.78 is 0. The predicted octanol–water partition coefficient (Wildman–Crippen LogP) is 5.84. The van der Waals surface area contributed by atoms with Crippen molar-refractivity contribution in [2.24, 2.45) is 22.2 Å². The Balaban J connectivity index is 5.11. The van der Waals surface area contributed by atoms with Gasteiger partial charge in [0.2, 0.25) is 0 Å². The molecule has 0 saturated carbocycles. The highest BCUT2D eigenvalue weighted by Crippen LogP contribution is 2.49. The Kier molecular flexibility index (Phi) is 5.98. The van der Waals surface area contributed by atoms with E-state index in [2.05, 4.69) is 88.2 Å². The summed E-state index contributed by atoms with van der Waals surface area (Å²) in [7, 11) is 4.39. The van der Waals surface area contributed by atoms with Crippen LogP contribution in [0.1, 0.15) is 82.1 Å². The van der Waals surface area contributed by atoms with E-state index in [1.165, 1.54) is 12.8 Å². The predicted molar refractivity (Wildman–Crippen MR) is 93.2 cm³/mol. The highest BCUT2D eigenvalue weighted by Gasteiger charge is 2.42. The summed E-state index contributed by atoms with van der Waals surface area (Å²) in [4.78, 5) is 2.36. The topological polar surface area (TPSA) is 3.24 Å². The first-order valence-electron chi connectivity index (χ1n) is 8.19. The lowest BCUT2D eigenvalue weighted by molar-refractivity contribution is 0.0114. The van der Waals surface area contributed by atoms with Crippen LogP contribution in [-0.4, -0.2) is 24.5 Å². The molecule has 0 heterocycles. The summed E-state index contributed by atoms with van der Waals surface area (Å²) in [5.41, 5.74) is 1.34. The number of hydrogen-bond donors (Lipinski definition) is 0. The number of hydrogen-bond acceptors (Lipinski definition) is 1. The highest BCUT2D eigenvalue weighted by atomic mass is 15.1. The van der Waals surface area contributed by atoms with E-state index in [1.807, 2.05) is 0 Å². The minimum absolute atomic E-state index is 0.246. The molecule has 0 aromatic carbocycles. The van der Waals surface area contributed by atoms with Gasteiger partial charge in [0.15, 0.2) is 0 Å². The Morgan fingerprint density at radius 2 is 1.05 bits per heavy atom. The standard InChI is InChI=1S/C19H41N/c1-15(17(5,6)13-16(2,3)4)18(7,8)14-19(9,10)20(11)12/h15H,13-14H2,1-12H3. The highest BCUT2D eigenvalue weighted by molar-refractivity contribution is 4.93. The first-order chi connectivity index (χ1) is 8.51. The Morgan fingerprint density at radius 3 is 1.35 bits per heavy atom. The second-order valence-electron chi connectivity index (χ2n) is 10.3. The Labute approximate surface area is 129 Å². The largest absolute Gasteiger partial charge is 0.304 e. The van der Waals surface area contributed by atoms with Crippen LogP contribution in [0.25, 0.3) is 0 Å². The quantitative estimate of drug-likeness (QED) is 0.592. The second-order valence-corrected chi connectivity index (χ2v) is 10.3. The van der Waals surface area contributed by atoms with Gasteiger partial charge in [0.05, 0.1) is 0 Å². The second kappa shape index (κ2) is 5.99. The molecule has 0 aliphatic carbocycles. The van der Waals surface area contributed by atoms with Crippen LogP contribution >= 0.6 is 0 Å². The third-order valence-corrected chi connectivity index (χ3v) is 5.43. The maximum absolute atomic E-state index is 2.46. The molecule has 0 aromatic rings. The van der Waals surface area contributed by atoms with Crippen LogP contribution in [0.3, 0.4) is 0 Å². The van der Waals surface area contributed by atoms with Gasteiger partial charge in [0, 0.05) is 5.54 Å². The van der Waals surface area contributed by atoms with E-state index in [9.17, 15) is 0 Å². The molecule has 122 valence electrons. The van der Waals surface area contributed by atoms with Gasteiger partial charge in [-0.1, -0.05) is 55.4 Å². The van der Waals surface area contributed by atoms with Crippen LogP contribution in [-0.2, 0) is 0 Å². The van der Waals surface area contributed by atoms with Crippen molar-refractivity contribution in [3.05, 3.63) is 0 Å². The third kappa shape index (κ3) is 5.76. The molecule has 0 aliphatic heterocycles. The van der Waals surface area contributed by atoms with Crippen molar-refractivity contribution in [2.75, 3.05) is 14.1 Å². The van der Waals surface area contributed by atoms with Crippen molar-refractivity contribution in [3.8, 4) is 0 Å². The lowest BCUT2D eigenvalue weighted by atomic mass is 9.58. The van der Waals surface area contributed by atoms with Crippen molar-refractivity contribution < 1.29 is 0 Å². The zero-order valence-corrected chi connectivity index (χ0v) is 16.4. The lowest BCUT2D eigenvalue weighted by Crippen LogP contribution is -2.46. The van der Waals surface area contributed by atoms with Gasteiger partial charge < -0.3 is 4.90 Å². The van der Waals surface area contributed by atoms with Crippen molar-refractivity contribution in [1.29, 1.82) is 0 Å². The molecule has 1 unspecified atom stereocenters. The molecule has 0 amide bonds. The lowest BCUT2D eigenvalue weighted by Gasteiger charge is -2.49. The van der Waals surface area contributed by atoms with E-state index in [4.69, 9.17) is 0 Å². The molecule has 1 heteroatoms. The minimum Gasteiger partial charge on any atom is -0.304 e. The van der Waals surface area contributed by atoms with Gasteiger partial charge in [-0.25, -0.2) is 0 Å². The first kappa shape index (κ1) is 20.0. The average molecular weight is 284 g/mol. The molecule has 0 radical (unpaired) electrons. The van der Waals surface area contributed by atoms with Crippen molar-refractivity contribution in [3.63, 3.8) is 0 Å². The van der Waals surface area contributed by atoms with Crippen LogP contribution < -0.4 is 0 Å². The Hall–Kier alpha value is -0.0400. The maximum atomic E-state index is 2.46. The number of rotatable bonds is 6. The van der Waals surface area contributed by atoms with Crippen LogP contribution in [0.4, 0.5) is 0 Å². The van der Waals surface area contributed by atoms with Crippen LogP contribution in [0.5, 0.6) is 0 Å².